The number of nitrogens with one attached hydrogen (secondary N) is 2. The normalized spacial score (nSPS) is 16.3. The molecule has 3 aromatic rings. The predicted octanol–water partition coefficient (Wildman–Crippen LogP) is 2.75. The Morgan fingerprint density at radius 2 is 1.86 bits per heavy atom. The lowest BCUT2D eigenvalue weighted by atomic mass is 10.0. The average Bonchev–Trinajstić information content (AvgIpc) is 3.23. The van der Waals surface area contributed by atoms with E-state index in [1.807, 2.05) is 48.5 Å². The van der Waals surface area contributed by atoms with Crippen LogP contribution in [0.25, 0.3) is 0 Å². The maximum atomic E-state index is 12.7. The minimum Gasteiger partial charge on any atom is -0.459 e. The predicted molar refractivity (Wildman–Crippen MR) is 109 cm³/mol. The van der Waals surface area contributed by atoms with Crippen LogP contribution in [-0.4, -0.2) is 29.7 Å². The number of hydrogen-bond donors (Lipinski definition) is 3. The van der Waals surface area contributed by atoms with E-state index in [1.54, 1.807) is 18.2 Å². The van der Waals surface area contributed by atoms with Crippen molar-refractivity contribution >= 4 is 29.2 Å². The smallest absolute Gasteiger partial charge is 0.291 e. The molecule has 1 aliphatic rings. The average molecular weight is 387 g/mol. The van der Waals surface area contributed by atoms with Gasteiger partial charge in [0.15, 0.2) is 5.76 Å². The van der Waals surface area contributed by atoms with Gasteiger partial charge in [0.05, 0.1) is 17.7 Å². The minimum atomic E-state index is -1.18. The SMILES string of the molecule is N=C(OC(N)=N[C@@H]1N=C(c2ccccc2)c2ccccc2NC1=O)c1ccco1. The molecule has 8 nitrogen and oxygen atoms in total. The van der Waals surface area contributed by atoms with E-state index in [-0.39, 0.29) is 17.7 Å². The van der Waals surface area contributed by atoms with Gasteiger partial charge in [-0.05, 0) is 18.2 Å². The van der Waals surface area contributed by atoms with Gasteiger partial charge in [-0.3, -0.25) is 10.2 Å². The van der Waals surface area contributed by atoms with E-state index >= 15 is 0 Å². The number of benzene rings is 2. The van der Waals surface area contributed by atoms with Crippen LogP contribution in [0.2, 0.25) is 0 Å². The largest absolute Gasteiger partial charge is 0.459 e. The number of ether oxygens (including phenoxy) is 1. The van der Waals surface area contributed by atoms with Crippen molar-refractivity contribution < 1.29 is 13.9 Å². The maximum absolute atomic E-state index is 12.7. The third-order valence-corrected chi connectivity index (χ3v) is 4.17. The van der Waals surface area contributed by atoms with Gasteiger partial charge in [-0.1, -0.05) is 48.5 Å². The molecule has 29 heavy (non-hydrogen) atoms. The standard InChI is InChI=1S/C21H17N5O3/c22-18(16-11-6-12-28-16)29-21(23)26-19-20(27)24-15-10-5-4-9-14(15)17(25-19)13-7-2-1-3-8-13/h1-12,19,22H,(H2,23,26)(H,24,27)/t19-/m0/s1. The molecule has 144 valence electrons. The molecule has 0 unspecified atom stereocenters. The number of aliphatic imine (C=N–C) groups is 2. The van der Waals surface area contributed by atoms with E-state index in [1.165, 1.54) is 6.26 Å². The molecule has 8 heteroatoms. The number of benzodiazepines with no additional fused rings is 1. The van der Waals surface area contributed by atoms with Gasteiger partial charge in [-0.25, -0.2) is 4.99 Å². The molecular weight excluding hydrogens is 370 g/mol. The van der Waals surface area contributed by atoms with Gasteiger partial charge >= 0.3 is 0 Å². The zero-order valence-corrected chi connectivity index (χ0v) is 15.2. The third kappa shape index (κ3) is 3.91. The van der Waals surface area contributed by atoms with Gasteiger partial charge < -0.3 is 20.2 Å². The first-order valence-corrected chi connectivity index (χ1v) is 8.79. The van der Waals surface area contributed by atoms with E-state index in [0.717, 1.165) is 11.1 Å². The Bertz CT molecular complexity index is 1100. The number of carbonyl (C=O) groups excluding carboxylic acids is 1. The molecule has 1 atom stereocenters. The molecule has 4 rings (SSSR count). The van der Waals surface area contributed by atoms with Crippen molar-refractivity contribution in [3.63, 3.8) is 0 Å². The van der Waals surface area contributed by atoms with Gasteiger partial charge in [0.1, 0.15) is 0 Å². The Balaban J connectivity index is 1.70. The van der Waals surface area contributed by atoms with Gasteiger partial charge in [0.2, 0.25) is 6.17 Å². The number of anilines is 1. The van der Waals surface area contributed by atoms with Crippen molar-refractivity contribution in [2.75, 3.05) is 5.32 Å². The van der Waals surface area contributed by atoms with Gasteiger partial charge in [-0.15, -0.1) is 0 Å². The Hall–Kier alpha value is -4.20. The summed E-state index contributed by atoms with van der Waals surface area (Å²) >= 11 is 0. The van der Waals surface area contributed by atoms with Crippen molar-refractivity contribution in [2.45, 2.75) is 6.17 Å². The molecule has 0 saturated heterocycles. The van der Waals surface area contributed by atoms with E-state index in [4.69, 9.17) is 20.3 Å². The molecule has 0 radical (unpaired) electrons. The molecule has 1 aliphatic heterocycles. The van der Waals surface area contributed by atoms with E-state index in [9.17, 15) is 4.79 Å². The fourth-order valence-corrected chi connectivity index (χ4v) is 2.87. The number of hydrogen-bond acceptors (Lipinski definition) is 6. The Kier molecular flexibility index (Phi) is 4.90. The zero-order chi connectivity index (χ0) is 20.2. The highest BCUT2D eigenvalue weighted by atomic mass is 16.5. The van der Waals surface area contributed by atoms with Gasteiger partial charge in [-0.2, -0.15) is 4.99 Å². The van der Waals surface area contributed by atoms with Crippen molar-refractivity contribution in [2.24, 2.45) is 15.7 Å². The monoisotopic (exact) mass is 387 g/mol. The number of fused-ring (bicyclic) bond motifs is 1. The van der Waals surface area contributed by atoms with Crippen molar-refractivity contribution in [3.8, 4) is 0 Å². The molecule has 2 aromatic carbocycles. The first-order chi connectivity index (χ1) is 14.1. The topological polar surface area (TPSA) is 126 Å². The second kappa shape index (κ2) is 7.81. The lowest BCUT2D eigenvalue weighted by Gasteiger charge is -2.09. The summed E-state index contributed by atoms with van der Waals surface area (Å²) in [6, 6.07) is 19.7. The Morgan fingerprint density at radius 1 is 1.10 bits per heavy atom. The van der Waals surface area contributed by atoms with Crippen molar-refractivity contribution in [1.29, 1.82) is 5.41 Å². The summed E-state index contributed by atoms with van der Waals surface area (Å²) in [6.07, 6.45) is 0.231. The number of furan rings is 1. The summed E-state index contributed by atoms with van der Waals surface area (Å²) in [4.78, 5) is 21.3. The summed E-state index contributed by atoms with van der Waals surface area (Å²) in [5, 5.41) is 10.7. The van der Waals surface area contributed by atoms with Gasteiger partial charge in [0, 0.05) is 11.1 Å². The van der Waals surface area contributed by atoms with Crippen LogP contribution < -0.4 is 11.1 Å². The summed E-state index contributed by atoms with van der Waals surface area (Å²) in [7, 11) is 0. The molecule has 0 saturated carbocycles. The quantitative estimate of drug-likeness (QED) is 0.472. The molecule has 0 spiro atoms. The fraction of sp³-hybridized carbons (Fsp3) is 0.0476. The van der Waals surface area contributed by atoms with E-state index in [0.29, 0.717) is 11.4 Å². The molecular formula is C21H17N5O3. The molecule has 1 aromatic heterocycles. The number of rotatable bonds is 3. The maximum Gasteiger partial charge on any atom is 0.291 e. The third-order valence-electron chi connectivity index (χ3n) is 4.17. The number of amidine groups is 1. The van der Waals surface area contributed by atoms with E-state index in [2.05, 4.69) is 15.3 Å². The van der Waals surface area contributed by atoms with Crippen molar-refractivity contribution in [1.82, 2.24) is 0 Å². The number of nitrogens with two attached hydrogens (primary N) is 1. The zero-order valence-electron chi connectivity index (χ0n) is 15.2. The second-order valence-corrected chi connectivity index (χ2v) is 6.13. The van der Waals surface area contributed by atoms with E-state index < -0.39 is 12.1 Å². The second-order valence-electron chi connectivity index (χ2n) is 6.13. The number of nitrogens with zero attached hydrogens (tertiary/aromatic N) is 2. The van der Waals surface area contributed by atoms with Crippen LogP contribution in [0.3, 0.4) is 0 Å². The fourth-order valence-electron chi connectivity index (χ4n) is 2.87. The molecule has 0 bridgehead atoms. The van der Waals surface area contributed by atoms with Crippen LogP contribution in [0.1, 0.15) is 16.9 Å². The van der Waals surface area contributed by atoms with Gasteiger partial charge in [0.25, 0.3) is 17.8 Å². The number of amides is 1. The molecule has 2 heterocycles. The summed E-state index contributed by atoms with van der Waals surface area (Å²) in [6.45, 7) is 0. The molecule has 1 amide bonds. The minimum absolute atomic E-state index is 0.189. The first kappa shape index (κ1) is 18.2. The lowest BCUT2D eigenvalue weighted by Crippen LogP contribution is -2.29. The molecule has 0 fully saturated rings. The molecule has 0 aliphatic carbocycles. The summed E-state index contributed by atoms with van der Waals surface area (Å²) < 4.78 is 10.3. The summed E-state index contributed by atoms with van der Waals surface area (Å²) in [5.41, 5.74) is 8.64. The van der Waals surface area contributed by atoms with Crippen LogP contribution in [0.15, 0.2) is 87.4 Å². The Morgan fingerprint density at radius 3 is 2.62 bits per heavy atom. The highest BCUT2D eigenvalue weighted by Crippen LogP contribution is 2.24. The van der Waals surface area contributed by atoms with Crippen LogP contribution in [0, 0.1) is 5.41 Å². The lowest BCUT2D eigenvalue weighted by molar-refractivity contribution is -0.117. The van der Waals surface area contributed by atoms with Crippen LogP contribution >= 0.6 is 0 Å². The first-order valence-electron chi connectivity index (χ1n) is 8.79. The van der Waals surface area contributed by atoms with Crippen LogP contribution in [0.5, 0.6) is 0 Å². The molecule has 4 N–H and O–H groups in total. The highest BCUT2D eigenvalue weighted by molar-refractivity contribution is 6.19. The van der Waals surface area contributed by atoms with Crippen molar-refractivity contribution in [3.05, 3.63) is 89.9 Å². The highest BCUT2D eigenvalue weighted by Gasteiger charge is 2.26. The Labute approximate surface area is 166 Å². The van der Waals surface area contributed by atoms with Crippen LogP contribution in [-0.2, 0) is 9.53 Å². The number of carbonyl (C=O) groups is 1. The number of para-hydroxylation sites is 1. The van der Waals surface area contributed by atoms with Crippen LogP contribution in [0.4, 0.5) is 5.69 Å². The summed E-state index contributed by atoms with van der Waals surface area (Å²) in [5.74, 6) is -0.588.